The molecule has 368 valence electrons. The van der Waals surface area contributed by atoms with Gasteiger partial charge in [-0.25, -0.2) is 18.4 Å². The first-order valence-electron chi connectivity index (χ1n) is 23.8. The average molecular weight is 1010 g/mol. The van der Waals surface area contributed by atoms with Gasteiger partial charge in [0.2, 0.25) is 0 Å². The Kier molecular flexibility index (Phi) is 12.0. The van der Waals surface area contributed by atoms with Crippen LogP contribution in [0.4, 0.5) is 30.4 Å². The molecule has 6 aromatic rings. The highest BCUT2D eigenvalue weighted by Crippen LogP contribution is 2.63. The molecule has 13 nitrogen and oxygen atoms in total. The van der Waals surface area contributed by atoms with Crippen molar-refractivity contribution < 1.29 is 41.3 Å². The highest BCUT2D eigenvalue weighted by atomic mass is 35.5. The number of amides is 1. The summed E-state index contributed by atoms with van der Waals surface area (Å²) in [6.07, 6.45) is 5.87. The molecule has 18 heteroatoms. The Morgan fingerprint density at radius 1 is 0.944 bits per heavy atom. The Morgan fingerprint density at radius 3 is 2.46 bits per heavy atom. The number of aromatic nitrogens is 2. The number of likely N-dealkylation sites (tertiary alicyclic amines) is 1. The summed E-state index contributed by atoms with van der Waals surface area (Å²) in [4.78, 5) is 28.0. The van der Waals surface area contributed by atoms with Crippen LogP contribution >= 0.6 is 11.6 Å². The summed E-state index contributed by atoms with van der Waals surface area (Å²) >= 11 is 6.14. The zero-order valence-corrected chi connectivity index (χ0v) is 40.2. The van der Waals surface area contributed by atoms with E-state index >= 15 is 0 Å². The molecule has 1 spiro atoms. The first kappa shape index (κ1) is 47.1. The van der Waals surface area contributed by atoms with Gasteiger partial charge in [-0.05, 0) is 122 Å². The number of nitrogens with zero attached hydrogens (tertiary/aromatic N) is 5. The minimum atomic E-state index is -5.90. The number of carbonyl (C=O) groups is 1. The Bertz CT molecular complexity index is 3210. The van der Waals surface area contributed by atoms with Crippen molar-refractivity contribution in [2.24, 2.45) is 5.92 Å². The topological polar surface area (TPSA) is 160 Å². The second-order valence-electron chi connectivity index (χ2n) is 19.2. The fraction of sp³-hybridized carbons (Fsp3) is 0.340. The predicted octanol–water partition coefficient (Wildman–Crippen LogP) is 8.37. The number of aliphatic hydroxyl groups excluding tert-OH is 1. The van der Waals surface area contributed by atoms with E-state index < -0.39 is 43.8 Å². The highest BCUT2D eigenvalue weighted by Gasteiger charge is 2.64. The second kappa shape index (κ2) is 18.1. The Hall–Kier alpha value is -6.24. The summed E-state index contributed by atoms with van der Waals surface area (Å²) in [6, 6.07) is 27.1. The standard InChI is InChI=1S/C53H51ClF3N7O6S/c1-62-20-18-52-40-16-17-44(65)49(52)70-48-45(66)25-33(38(47(48)52)26-43(40)62)6-4-19-58-42-28-41-39(27-46(42)71(68,69)53(55,56)57)50(60-30-59-41)61-51(67)32-10-14-36(15-11-32)64-23-21-63(22-24-64)29-34-5-2-3-7-37(34)31-8-12-35(54)13-9-31/h2-3,5,7-17,25,27-28,30,40,43-44,49,58,65-66H,4,6,18-24,26,29H2,1H3,(H,59,60,61,67)/t40-,43+,44-,49-,52-/m0/s1. The number of phenols is 1. The van der Waals surface area contributed by atoms with Crippen LogP contribution in [0.15, 0.2) is 114 Å². The third kappa shape index (κ3) is 8.24. The van der Waals surface area contributed by atoms with Crippen molar-refractivity contribution in [2.45, 2.75) is 66.3 Å². The maximum atomic E-state index is 14.3. The summed E-state index contributed by atoms with van der Waals surface area (Å²) in [5, 5.41) is 28.5. The molecule has 5 atom stereocenters. The molecule has 1 aromatic heterocycles. The van der Waals surface area contributed by atoms with Crippen LogP contribution in [-0.4, -0.2) is 114 Å². The Morgan fingerprint density at radius 2 is 1.70 bits per heavy atom. The second-order valence-corrected chi connectivity index (χ2v) is 21.6. The Labute approximate surface area is 413 Å². The number of hydrogen-bond donors (Lipinski definition) is 4. The van der Waals surface area contributed by atoms with Crippen LogP contribution in [0, 0.1) is 5.92 Å². The van der Waals surface area contributed by atoms with E-state index in [9.17, 15) is 36.6 Å². The number of likely N-dealkylation sites (N-methyl/N-ethyl adjacent to an activating group) is 1. The number of ether oxygens (including phenoxy) is 1. The van der Waals surface area contributed by atoms with Gasteiger partial charge in [-0.3, -0.25) is 9.69 Å². The number of nitrogens with one attached hydrogen (secondary N) is 2. The van der Waals surface area contributed by atoms with E-state index in [0.717, 1.165) is 91.6 Å². The zero-order valence-electron chi connectivity index (χ0n) is 38.7. The van der Waals surface area contributed by atoms with Gasteiger partial charge >= 0.3 is 5.51 Å². The number of aliphatic hydroxyl groups is 1. The van der Waals surface area contributed by atoms with Gasteiger partial charge in [-0.2, -0.15) is 13.2 Å². The van der Waals surface area contributed by atoms with Crippen molar-refractivity contribution in [1.29, 1.82) is 0 Å². The van der Waals surface area contributed by atoms with E-state index in [-0.39, 0.29) is 52.2 Å². The molecule has 2 aliphatic carbocycles. The summed E-state index contributed by atoms with van der Waals surface area (Å²) in [6.45, 7) is 4.84. The number of benzene rings is 5. The molecular formula is C53H51ClF3N7O6S. The molecule has 0 unspecified atom stereocenters. The van der Waals surface area contributed by atoms with Gasteiger partial charge in [0.15, 0.2) is 11.5 Å². The molecule has 0 radical (unpaired) electrons. The lowest BCUT2D eigenvalue weighted by molar-refractivity contribution is -0.0454. The van der Waals surface area contributed by atoms with Crippen LogP contribution < -0.4 is 20.3 Å². The molecule has 2 saturated heterocycles. The number of anilines is 3. The van der Waals surface area contributed by atoms with Crippen molar-refractivity contribution in [1.82, 2.24) is 19.8 Å². The van der Waals surface area contributed by atoms with E-state index in [4.69, 9.17) is 16.3 Å². The van der Waals surface area contributed by atoms with E-state index in [2.05, 4.69) is 60.6 Å². The number of hydrogen-bond acceptors (Lipinski definition) is 12. The fourth-order valence-corrected chi connectivity index (χ4v) is 12.8. The minimum absolute atomic E-state index is 0.0267. The average Bonchev–Trinajstić information content (AvgIpc) is 3.72. The monoisotopic (exact) mass is 1010 g/mol. The molecule has 5 aliphatic rings. The molecule has 2 bridgehead atoms. The quantitative estimate of drug-likeness (QED) is 0.0687. The normalized spacial score (nSPS) is 22.8. The van der Waals surface area contributed by atoms with Crippen LogP contribution in [0.2, 0.25) is 5.02 Å². The number of piperidine rings is 1. The summed E-state index contributed by atoms with van der Waals surface area (Å²) in [5.41, 5.74) is 1.20. The van der Waals surface area contributed by atoms with Gasteiger partial charge < -0.3 is 35.4 Å². The SMILES string of the molecule is CN1CC[C@]23c4c5c(CCCNc6cc7ncnc(NC(=O)c8ccc(N9CCN(Cc%10ccccc%10-c%10ccc(Cl)cc%10)CC9)cc8)c7cc6S(=O)(=O)C(F)(F)F)cc(O)c4O[C@H]2[C@@H](O)C=C[C@H]3[C@H]1C5. The molecule has 1 amide bonds. The molecular weight excluding hydrogens is 955 g/mol. The van der Waals surface area contributed by atoms with Crippen LogP contribution in [0.1, 0.15) is 45.5 Å². The summed E-state index contributed by atoms with van der Waals surface area (Å²) in [7, 11) is -3.82. The number of fused-ring (bicyclic) bond motifs is 1. The van der Waals surface area contributed by atoms with Gasteiger partial charge in [0.25, 0.3) is 15.7 Å². The molecule has 71 heavy (non-hydrogen) atoms. The zero-order chi connectivity index (χ0) is 49.4. The number of aryl methyl sites for hydroxylation is 1. The first-order valence-corrected chi connectivity index (χ1v) is 25.6. The largest absolute Gasteiger partial charge is 0.504 e. The van der Waals surface area contributed by atoms with Gasteiger partial charge in [-0.1, -0.05) is 60.2 Å². The lowest BCUT2D eigenvalue weighted by atomic mass is 9.53. The van der Waals surface area contributed by atoms with Gasteiger partial charge in [0, 0.05) is 83.9 Å². The smallest absolute Gasteiger partial charge is 0.501 e. The molecule has 3 aliphatic heterocycles. The number of carbonyl (C=O) groups excluding carboxylic acids is 1. The van der Waals surface area contributed by atoms with Crippen LogP contribution in [-0.2, 0) is 34.6 Å². The number of phenolic OH excluding ortho intramolecular Hbond substituents is 1. The van der Waals surface area contributed by atoms with Gasteiger partial charge in [0.05, 0.1) is 11.2 Å². The number of rotatable bonds is 12. The molecule has 0 saturated carbocycles. The molecule has 4 heterocycles. The molecule has 4 N–H and O–H groups in total. The fourth-order valence-electron chi connectivity index (χ4n) is 11.8. The molecule has 2 fully saturated rings. The van der Waals surface area contributed by atoms with Crippen molar-refractivity contribution in [3.63, 3.8) is 0 Å². The summed E-state index contributed by atoms with van der Waals surface area (Å²) < 4.78 is 75.7. The van der Waals surface area contributed by atoms with Crippen molar-refractivity contribution in [3.05, 3.63) is 142 Å². The van der Waals surface area contributed by atoms with Crippen molar-refractivity contribution >= 4 is 55.4 Å². The third-order valence-electron chi connectivity index (χ3n) is 15.3. The van der Waals surface area contributed by atoms with E-state index in [0.29, 0.717) is 30.0 Å². The van der Waals surface area contributed by atoms with Crippen molar-refractivity contribution in [3.8, 4) is 22.6 Å². The minimum Gasteiger partial charge on any atom is -0.504 e. The lowest BCUT2D eigenvalue weighted by Crippen LogP contribution is -2.64. The maximum absolute atomic E-state index is 14.3. The predicted molar refractivity (Wildman–Crippen MR) is 266 cm³/mol. The summed E-state index contributed by atoms with van der Waals surface area (Å²) in [5.74, 6) is -0.281. The van der Waals surface area contributed by atoms with Crippen LogP contribution in [0.25, 0.3) is 22.0 Å². The van der Waals surface area contributed by atoms with E-state index in [1.807, 2.05) is 48.5 Å². The number of piperazine rings is 1. The number of alkyl halides is 3. The number of aromatic hydroxyl groups is 1. The lowest BCUT2D eigenvalue weighted by Gasteiger charge is -2.56. The maximum Gasteiger partial charge on any atom is 0.501 e. The van der Waals surface area contributed by atoms with Gasteiger partial charge in [-0.15, -0.1) is 0 Å². The van der Waals surface area contributed by atoms with E-state index in [1.165, 1.54) is 11.6 Å². The highest BCUT2D eigenvalue weighted by molar-refractivity contribution is 7.92. The molecule has 11 rings (SSSR count). The van der Waals surface area contributed by atoms with Crippen LogP contribution in [0.5, 0.6) is 11.5 Å². The van der Waals surface area contributed by atoms with Crippen LogP contribution in [0.3, 0.4) is 0 Å². The van der Waals surface area contributed by atoms with E-state index in [1.54, 1.807) is 24.3 Å². The molecule has 5 aromatic carbocycles. The van der Waals surface area contributed by atoms with Crippen molar-refractivity contribution in [2.75, 3.05) is 61.8 Å². The third-order valence-corrected chi connectivity index (χ3v) is 17.1. The Balaban J connectivity index is 0.773. The number of halogens is 4. The number of sulfone groups is 1. The van der Waals surface area contributed by atoms with Gasteiger partial charge in [0.1, 0.15) is 29.2 Å². The first-order chi connectivity index (χ1) is 34.1.